The maximum atomic E-state index is 4.26. The maximum Gasteiger partial charge on any atom is 0.0352 e. The molecule has 1 N–H and O–H groups in total. The number of benzene rings is 2. The smallest absolute Gasteiger partial charge is 0.0352 e. The van der Waals surface area contributed by atoms with Crippen LogP contribution in [0.2, 0.25) is 0 Å². The molecule has 0 atom stereocenters. The second kappa shape index (κ2) is 6.51. The SMILES string of the molecule is CCCNCc1ccc(-c2cccc3ccncc23)cc1. The second-order valence-corrected chi connectivity index (χ2v) is 5.28. The first-order chi connectivity index (χ1) is 10.4. The van der Waals surface area contributed by atoms with Crippen LogP contribution in [-0.4, -0.2) is 11.5 Å². The third-order valence-corrected chi connectivity index (χ3v) is 3.70. The summed E-state index contributed by atoms with van der Waals surface area (Å²) in [6.45, 7) is 4.19. The van der Waals surface area contributed by atoms with Gasteiger partial charge in [-0.1, -0.05) is 49.4 Å². The van der Waals surface area contributed by atoms with E-state index in [1.165, 1.54) is 33.9 Å². The molecule has 3 rings (SSSR count). The van der Waals surface area contributed by atoms with Gasteiger partial charge in [0.2, 0.25) is 0 Å². The number of hydrogen-bond acceptors (Lipinski definition) is 2. The fraction of sp³-hybridized carbons (Fsp3) is 0.211. The Morgan fingerprint density at radius 3 is 2.67 bits per heavy atom. The van der Waals surface area contributed by atoms with Crippen LogP contribution in [0.1, 0.15) is 18.9 Å². The summed E-state index contributed by atoms with van der Waals surface area (Å²) in [6.07, 6.45) is 4.96. The van der Waals surface area contributed by atoms with Crippen molar-refractivity contribution in [3.63, 3.8) is 0 Å². The van der Waals surface area contributed by atoms with Crippen LogP contribution in [0.3, 0.4) is 0 Å². The molecule has 0 amide bonds. The van der Waals surface area contributed by atoms with Crippen LogP contribution in [0.25, 0.3) is 21.9 Å². The monoisotopic (exact) mass is 276 g/mol. The van der Waals surface area contributed by atoms with Gasteiger partial charge >= 0.3 is 0 Å². The zero-order valence-electron chi connectivity index (χ0n) is 12.3. The van der Waals surface area contributed by atoms with Crippen LogP contribution in [-0.2, 0) is 6.54 Å². The number of hydrogen-bond donors (Lipinski definition) is 1. The second-order valence-electron chi connectivity index (χ2n) is 5.28. The molecule has 0 aliphatic carbocycles. The molecule has 0 radical (unpaired) electrons. The largest absolute Gasteiger partial charge is 0.313 e. The Morgan fingerprint density at radius 1 is 1.00 bits per heavy atom. The molecule has 2 aromatic carbocycles. The predicted molar refractivity (Wildman–Crippen MR) is 89.2 cm³/mol. The van der Waals surface area contributed by atoms with Crippen molar-refractivity contribution in [3.05, 3.63) is 66.5 Å². The number of nitrogens with one attached hydrogen (secondary N) is 1. The Hall–Kier alpha value is -2.19. The average molecular weight is 276 g/mol. The lowest BCUT2D eigenvalue weighted by molar-refractivity contribution is 0.675. The number of rotatable bonds is 5. The zero-order chi connectivity index (χ0) is 14.5. The Bertz CT molecular complexity index is 712. The van der Waals surface area contributed by atoms with Crippen LogP contribution in [0, 0.1) is 0 Å². The van der Waals surface area contributed by atoms with E-state index in [1.807, 2.05) is 12.4 Å². The molecule has 0 aliphatic rings. The van der Waals surface area contributed by atoms with Gasteiger partial charge in [0.25, 0.3) is 0 Å². The average Bonchev–Trinajstić information content (AvgIpc) is 2.55. The Morgan fingerprint density at radius 2 is 1.86 bits per heavy atom. The molecular weight excluding hydrogens is 256 g/mol. The van der Waals surface area contributed by atoms with Crippen LogP contribution >= 0.6 is 0 Å². The van der Waals surface area contributed by atoms with Crippen molar-refractivity contribution >= 4 is 10.8 Å². The summed E-state index contributed by atoms with van der Waals surface area (Å²) in [7, 11) is 0. The third kappa shape index (κ3) is 3.11. The fourth-order valence-corrected chi connectivity index (χ4v) is 2.58. The summed E-state index contributed by atoms with van der Waals surface area (Å²) < 4.78 is 0. The molecule has 2 nitrogen and oxygen atoms in total. The van der Waals surface area contributed by atoms with Crippen molar-refractivity contribution in [1.82, 2.24) is 10.3 Å². The van der Waals surface area contributed by atoms with E-state index in [-0.39, 0.29) is 0 Å². The summed E-state index contributed by atoms with van der Waals surface area (Å²) in [4.78, 5) is 4.26. The molecule has 0 aliphatic heterocycles. The lowest BCUT2D eigenvalue weighted by Gasteiger charge is -2.08. The van der Waals surface area contributed by atoms with Gasteiger partial charge < -0.3 is 5.32 Å². The van der Waals surface area contributed by atoms with Crippen molar-refractivity contribution < 1.29 is 0 Å². The molecule has 21 heavy (non-hydrogen) atoms. The summed E-state index contributed by atoms with van der Waals surface area (Å²) in [5, 5.41) is 5.87. The van der Waals surface area contributed by atoms with Gasteiger partial charge in [0.1, 0.15) is 0 Å². The highest BCUT2D eigenvalue weighted by molar-refractivity contribution is 5.95. The summed E-state index contributed by atoms with van der Waals surface area (Å²) in [5.74, 6) is 0. The van der Waals surface area contributed by atoms with E-state index in [9.17, 15) is 0 Å². The van der Waals surface area contributed by atoms with Crippen molar-refractivity contribution in [2.75, 3.05) is 6.54 Å². The molecular formula is C19H20N2. The molecule has 106 valence electrons. The minimum atomic E-state index is 0.936. The highest BCUT2D eigenvalue weighted by Crippen LogP contribution is 2.28. The predicted octanol–water partition coefficient (Wildman–Crippen LogP) is 4.40. The normalized spacial score (nSPS) is 10.9. The van der Waals surface area contributed by atoms with Gasteiger partial charge in [-0.2, -0.15) is 0 Å². The first kappa shape index (κ1) is 13.8. The number of aromatic nitrogens is 1. The van der Waals surface area contributed by atoms with Crippen molar-refractivity contribution in [2.24, 2.45) is 0 Å². The Balaban J connectivity index is 1.89. The van der Waals surface area contributed by atoms with Crippen molar-refractivity contribution in [2.45, 2.75) is 19.9 Å². The molecule has 1 aromatic heterocycles. The van der Waals surface area contributed by atoms with Crippen LogP contribution in [0.5, 0.6) is 0 Å². The van der Waals surface area contributed by atoms with Crippen LogP contribution in [0.4, 0.5) is 0 Å². The molecule has 2 heteroatoms. The van der Waals surface area contributed by atoms with Gasteiger partial charge in [-0.25, -0.2) is 0 Å². The lowest BCUT2D eigenvalue weighted by Crippen LogP contribution is -2.13. The van der Waals surface area contributed by atoms with Crippen LogP contribution < -0.4 is 5.32 Å². The van der Waals surface area contributed by atoms with Gasteiger partial charge in [-0.3, -0.25) is 4.98 Å². The zero-order valence-corrected chi connectivity index (χ0v) is 12.3. The minimum absolute atomic E-state index is 0.936. The molecule has 0 bridgehead atoms. The third-order valence-electron chi connectivity index (χ3n) is 3.70. The topological polar surface area (TPSA) is 24.9 Å². The van der Waals surface area contributed by atoms with Crippen molar-refractivity contribution in [1.29, 1.82) is 0 Å². The fourth-order valence-electron chi connectivity index (χ4n) is 2.58. The number of pyridine rings is 1. The molecule has 0 unspecified atom stereocenters. The maximum absolute atomic E-state index is 4.26. The quantitative estimate of drug-likeness (QED) is 0.699. The van der Waals surface area contributed by atoms with Gasteiger partial charge in [0, 0.05) is 24.3 Å². The van der Waals surface area contributed by atoms with E-state index >= 15 is 0 Å². The molecule has 0 saturated carbocycles. The van der Waals surface area contributed by atoms with Crippen LogP contribution in [0.15, 0.2) is 60.9 Å². The first-order valence-electron chi connectivity index (χ1n) is 7.51. The standard InChI is InChI=1S/C19H20N2/c1-2-11-20-13-15-6-8-17(9-7-15)18-5-3-4-16-10-12-21-14-19(16)18/h3-10,12,14,20H,2,11,13H2,1H3. The highest BCUT2D eigenvalue weighted by atomic mass is 14.8. The molecule has 0 saturated heterocycles. The Kier molecular flexibility index (Phi) is 4.27. The lowest BCUT2D eigenvalue weighted by atomic mass is 9.99. The van der Waals surface area contributed by atoms with E-state index in [4.69, 9.17) is 0 Å². The van der Waals surface area contributed by atoms with Gasteiger partial charge in [-0.05, 0) is 41.1 Å². The minimum Gasteiger partial charge on any atom is -0.313 e. The summed E-state index contributed by atoms with van der Waals surface area (Å²) >= 11 is 0. The first-order valence-corrected chi connectivity index (χ1v) is 7.51. The summed E-state index contributed by atoms with van der Waals surface area (Å²) in [6, 6.07) is 17.3. The summed E-state index contributed by atoms with van der Waals surface area (Å²) in [5.41, 5.74) is 3.81. The van der Waals surface area contributed by atoms with Gasteiger partial charge in [0.15, 0.2) is 0 Å². The van der Waals surface area contributed by atoms with E-state index in [2.05, 4.69) is 65.8 Å². The molecule has 3 aromatic rings. The molecule has 0 fully saturated rings. The van der Waals surface area contributed by atoms with E-state index in [1.54, 1.807) is 0 Å². The highest BCUT2D eigenvalue weighted by Gasteiger charge is 2.03. The number of fused-ring (bicyclic) bond motifs is 1. The molecule has 0 spiro atoms. The Labute approximate surface area is 125 Å². The van der Waals surface area contributed by atoms with Gasteiger partial charge in [0.05, 0.1) is 0 Å². The van der Waals surface area contributed by atoms with Crippen molar-refractivity contribution in [3.8, 4) is 11.1 Å². The van der Waals surface area contributed by atoms with E-state index < -0.39 is 0 Å². The van der Waals surface area contributed by atoms with Gasteiger partial charge in [-0.15, -0.1) is 0 Å². The van der Waals surface area contributed by atoms with E-state index in [0.29, 0.717) is 0 Å². The van der Waals surface area contributed by atoms with E-state index in [0.717, 1.165) is 13.1 Å². The number of nitrogens with zero attached hydrogens (tertiary/aromatic N) is 1. The molecule has 1 heterocycles.